The number of aromatic nitrogens is 2. The van der Waals surface area contributed by atoms with Gasteiger partial charge in [-0.25, -0.2) is 4.98 Å². The number of hydrogen-bond acceptors (Lipinski definition) is 5. The van der Waals surface area contributed by atoms with Crippen LogP contribution in [0.25, 0.3) is 11.0 Å². The molecule has 3 rings (SSSR count). The van der Waals surface area contributed by atoms with Crippen molar-refractivity contribution in [2.75, 3.05) is 11.9 Å². The summed E-state index contributed by atoms with van der Waals surface area (Å²) in [7, 11) is 0. The molecule has 2 amide bonds. The first-order valence-corrected chi connectivity index (χ1v) is 8.39. The second kappa shape index (κ2) is 8.23. The number of para-hydroxylation sites is 2. The van der Waals surface area contributed by atoms with E-state index in [1.807, 2.05) is 0 Å². The molecule has 0 radical (unpaired) electrons. The summed E-state index contributed by atoms with van der Waals surface area (Å²) in [6.45, 7) is -0.766. The lowest BCUT2D eigenvalue weighted by atomic mass is 10.2. The van der Waals surface area contributed by atoms with E-state index in [0.29, 0.717) is 11.0 Å². The fourth-order valence-corrected chi connectivity index (χ4v) is 2.50. The first kappa shape index (κ1) is 20.2. The number of fused-ring (bicyclic) bond motifs is 1. The number of alkyl halides is 3. The Bertz CT molecular complexity index is 1060. The van der Waals surface area contributed by atoms with E-state index in [2.05, 4.69) is 20.6 Å². The van der Waals surface area contributed by atoms with E-state index in [9.17, 15) is 27.9 Å². The molecular formula is C19H15F3N4O3. The number of halogens is 3. The number of aliphatic hydroxyl groups is 1. The van der Waals surface area contributed by atoms with Crippen LogP contribution in [0.3, 0.4) is 0 Å². The highest BCUT2D eigenvalue weighted by Crippen LogP contribution is 2.30. The summed E-state index contributed by atoms with van der Waals surface area (Å²) in [5.41, 5.74) is -0.0949. The fourth-order valence-electron chi connectivity index (χ4n) is 2.50. The summed E-state index contributed by atoms with van der Waals surface area (Å²) in [6.07, 6.45) is -3.35. The van der Waals surface area contributed by atoms with Gasteiger partial charge in [-0.3, -0.25) is 14.6 Å². The lowest BCUT2D eigenvalue weighted by Gasteiger charge is -2.16. The average molecular weight is 404 g/mol. The van der Waals surface area contributed by atoms with Gasteiger partial charge in [-0.05, 0) is 30.3 Å². The Hall–Kier alpha value is -3.53. The monoisotopic (exact) mass is 404 g/mol. The minimum Gasteiger partial charge on any atom is -0.394 e. The molecule has 1 aromatic heterocycles. The topological polar surface area (TPSA) is 104 Å². The molecule has 0 saturated heterocycles. The van der Waals surface area contributed by atoms with Gasteiger partial charge in [-0.1, -0.05) is 18.2 Å². The van der Waals surface area contributed by atoms with Gasteiger partial charge in [0.05, 0.1) is 29.4 Å². The quantitative estimate of drug-likeness (QED) is 0.606. The van der Waals surface area contributed by atoms with Crippen molar-refractivity contribution < 1.29 is 27.9 Å². The van der Waals surface area contributed by atoms with Crippen LogP contribution in [0.5, 0.6) is 0 Å². The molecule has 0 spiro atoms. The zero-order chi connectivity index (χ0) is 21.0. The van der Waals surface area contributed by atoms with Crippen LogP contribution in [0.1, 0.15) is 16.1 Å². The molecule has 10 heteroatoms. The first-order valence-electron chi connectivity index (χ1n) is 8.39. The maximum atomic E-state index is 12.8. The molecule has 1 atom stereocenters. The molecule has 0 aliphatic rings. The second-order valence-corrected chi connectivity index (χ2v) is 6.02. The van der Waals surface area contributed by atoms with E-state index < -0.39 is 36.2 Å². The Kier molecular flexibility index (Phi) is 5.74. The van der Waals surface area contributed by atoms with E-state index in [1.165, 1.54) is 12.3 Å². The van der Waals surface area contributed by atoms with Gasteiger partial charge in [0, 0.05) is 5.69 Å². The van der Waals surface area contributed by atoms with Gasteiger partial charge in [0.1, 0.15) is 11.7 Å². The Morgan fingerprint density at radius 2 is 1.79 bits per heavy atom. The highest BCUT2D eigenvalue weighted by Gasteiger charge is 2.30. The number of rotatable bonds is 5. The molecule has 2 aromatic carbocycles. The summed E-state index contributed by atoms with van der Waals surface area (Å²) in [5.74, 6) is -1.64. The van der Waals surface area contributed by atoms with E-state index >= 15 is 0 Å². The van der Waals surface area contributed by atoms with Crippen molar-refractivity contribution in [3.63, 3.8) is 0 Å². The lowest BCUT2D eigenvalue weighted by molar-refractivity contribution is -0.137. The van der Waals surface area contributed by atoms with Crippen molar-refractivity contribution in [3.05, 3.63) is 66.0 Å². The van der Waals surface area contributed by atoms with Gasteiger partial charge in [-0.2, -0.15) is 13.2 Å². The normalized spacial score (nSPS) is 12.4. The molecule has 0 unspecified atom stereocenters. The maximum Gasteiger partial charge on any atom is 0.416 e. The highest BCUT2D eigenvalue weighted by molar-refractivity contribution is 6.01. The van der Waals surface area contributed by atoms with Crippen LogP contribution in [0.4, 0.5) is 18.9 Å². The molecule has 3 aromatic rings. The SMILES string of the molecule is O=C(N[C@@H](CO)C(=O)Nc1cccc(C(F)(F)F)c1)c1cnc2ccccc2n1. The predicted octanol–water partition coefficient (Wildman–Crippen LogP) is 2.38. The van der Waals surface area contributed by atoms with Crippen LogP contribution in [-0.4, -0.2) is 39.5 Å². The minimum atomic E-state index is -4.57. The zero-order valence-electron chi connectivity index (χ0n) is 14.8. The van der Waals surface area contributed by atoms with Crippen LogP contribution in [0, 0.1) is 0 Å². The smallest absolute Gasteiger partial charge is 0.394 e. The van der Waals surface area contributed by atoms with Gasteiger partial charge < -0.3 is 15.7 Å². The number of carbonyl (C=O) groups is 2. The Labute approximate surface area is 162 Å². The van der Waals surface area contributed by atoms with Crippen LogP contribution >= 0.6 is 0 Å². The highest BCUT2D eigenvalue weighted by atomic mass is 19.4. The summed E-state index contributed by atoms with van der Waals surface area (Å²) in [5, 5.41) is 14.0. The molecule has 1 heterocycles. The van der Waals surface area contributed by atoms with Crippen LogP contribution < -0.4 is 10.6 Å². The summed E-state index contributed by atoms with van der Waals surface area (Å²) < 4.78 is 38.3. The summed E-state index contributed by atoms with van der Waals surface area (Å²) in [4.78, 5) is 32.8. The molecule has 0 saturated carbocycles. The van der Waals surface area contributed by atoms with Gasteiger partial charge >= 0.3 is 6.18 Å². The van der Waals surface area contributed by atoms with E-state index in [-0.39, 0.29) is 11.4 Å². The molecule has 7 nitrogen and oxygen atoms in total. The van der Waals surface area contributed by atoms with Gasteiger partial charge in [0.25, 0.3) is 5.91 Å². The van der Waals surface area contributed by atoms with E-state index in [0.717, 1.165) is 18.2 Å². The Morgan fingerprint density at radius 3 is 2.48 bits per heavy atom. The molecule has 0 aliphatic heterocycles. The number of carbonyl (C=O) groups excluding carboxylic acids is 2. The minimum absolute atomic E-state index is 0.0750. The summed E-state index contributed by atoms with van der Waals surface area (Å²) in [6, 6.07) is 9.46. The first-order chi connectivity index (χ1) is 13.8. The number of amides is 2. The standard InChI is InChI=1S/C19H15F3N4O3/c20-19(21,22)11-4-3-5-12(8-11)24-18(29)16(10-27)26-17(28)15-9-23-13-6-1-2-7-14(13)25-15/h1-9,16,27H,10H2,(H,24,29)(H,26,28)/t16-/m0/s1. The zero-order valence-corrected chi connectivity index (χ0v) is 14.8. The predicted molar refractivity (Wildman–Crippen MR) is 98.0 cm³/mol. The maximum absolute atomic E-state index is 12.8. The number of nitrogens with zero attached hydrogens (tertiary/aromatic N) is 2. The van der Waals surface area contributed by atoms with Gasteiger partial charge in [-0.15, -0.1) is 0 Å². The van der Waals surface area contributed by atoms with Crippen molar-refractivity contribution in [3.8, 4) is 0 Å². The van der Waals surface area contributed by atoms with Crippen molar-refractivity contribution in [1.29, 1.82) is 0 Å². The largest absolute Gasteiger partial charge is 0.416 e. The van der Waals surface area contributed by atoms with Crippen molar-refractivity contribution in [1.82, 2.24) is 15.3 Å². The van der Waals surface area contributed by atoms with Crippen LogP contribution in [0.2, 0.25) is 0 Å². The van der Waals surface area contributed by atoms with Crippen molar-refractivity contribution in [2.24, 2.45) is 0 Å². The Morgan fingerprint density at radius 1 is 1.07 bits per heavy atom. The lowest BCUT2D eigenvalue weighted by Crippen LogP contribution is -2.46. The van der Waals surface area contributed by atoms with E-state index in [1.54, 1.807) is 24.3 Å². The molecule has 29 heavy (non-hydrogen) atoms. The number of aliphatic hydroxyl groups excluding tert-OH is 1. The molecule has 0 aliphatic carbocycles. The van der Waals surface area contributed by atoms with E-state index in [4.69, 9.17) is 0 Å². The molecule has 3 N–H and O–H groups in total. The van der Waals surface area contributed by atoms with Crippen LogP contribution in [-0.2, 0) is 11.0 Å². The fraction of sp³-hybridized carbons (Fsp3) is 0.158. The summed E-state index contributed by atoms with van der Waals surface area (Å²) >= 11 is 0. The average Bonchev–Trinajstić information content (AvgIpc) is 2.71. The molecular weight excluding hydrogens is 389 g/mol. The third-order valence-electron chi connectivity index (χ3n) is 3.94. The number of benzene rings is 2. The van der Waals surface area contributed by atoms with Gasteiger partial charge in [0.15, 0.2) is 0 Å². The van der Waals surface area contributed by atoms with Crippen molar-refractivity contribution >= 4 is 28.5 Å². The molecule has 0 fully saturated rings. The number of nitrogens with one attached hydrogen (secondary N) is 2. The van der Waals surface area contributed by atoms with Crippen molar-refractivity contribution in [2.45, 2.75) is 12.2 Å². The molecule has 0 bridgehead atoms. The third-order valence-corrected chi connectivity index (χ3v) is 3.94. The molecule has 150 valence electrons. The number of anilines is 1. The van der Waals surface area contributed by atoms with Gasteiger partial charge in [0.2, 0.25) is 5.91 Å². The second-order valence-electron chi connectivity index (χ2n) is 6.02. The Balaban J connectivity index is 1.71. The number of hydrogen-bond donors (Lipinski definition) is 3. The van der Waals surface area contributed by atoms with Crippen LogP contribution in [0.15, 0.2) is 54.7 Å². The third kappa shape index (κ3) is 4.85.